The minimum absolute atomic E-state index is 1.04. The van der Waals surface area contributed by atoms with Crippen LogP contribution in [-0.4, -0.2) is 8.75 Å². The molecular weight excluding hydrogens is 1180 g/mol. The van der Waals surface area contributed by atoms with Gasteiger partial charge in [0.2, 0.25) is 0 Å². The Hall–Kier alpha value is -3.36. The number of benzene rings is 1. The van der Waals surface area contributed by atoms with Crippen molar-refractivity contribution < 1.29 is 0 Å². The van der Waals surface area contributed by atoms with E-state index in [4.69, 9.17) is 8.75 Å². The fourth-order valence-corrected chi connectivity index (χ4v) is 21.8. The van der Waals surface area contributed by atoms with Gasteiger partial charge in [-0.15, -0.1) is 90.7 Å². The molecule has 0 saturated carbocycles. The normalized spacial score (nSPS) is 11.9. The van der Waals surface area contributed by atoms with Crippen LogP contribution >= 0.6 is 102 Å². The van der Waals surface area contributed by atoms with Crippen LogP contribution in [0.15, 0.2) is 84.9 Å². The molecule has 83 heavy (non-hydrogen) atoms. The van der Waals surface area contributed by atoms with Crippen LogP contribution in [0.5, 0.6) is 0 Å². The molecule has 10 aromatic rings. The number of thiophene rings is 8. The minimum Gasteiger partial charge on any atom is -0.172 e. The number of unbranched alkanes of at least 4 members (excludes halogenated alkanes) is 20. The Labute approximate surface area is 534 Å². The first kappa shape index (κ1) is 62.7. The molecule has 0 atom stereocenters. The van der Waals surface area contributed by atoms with Gasteiger partial charge in [0.25, 0.3) is 0 Å². The lowest BCUT2D eigenvalue weighted by Crippen LogP contribution is -1.86. The molecule has 0 aliphatic rings. The molecule has 10 rings (SSSR count). The summed E-state index contributed by atoms with van der Waals surface area (Å²) in [5.41, 5.74) is 10.6. The highest BCUT2D eigenvalue weighted by molar-refractivity contribution is 7.30. The molecule has 0 radical (unpaired) electrons. The molecule has 2 nitrogen and oxygen atoms in total. The number of fused-ring (bicyclic) bond motifs is 1. The molecule has 0 bridgehead atoms. The van der Waals surface area contributed by atoms with Crippen molar-refractivity contribution in [2.45, 2.75) is 221 Å². The summed E-state index contributed by atoms with van der Waals surface area (Å²) in [6.07, 6.45) is 36.3. The third-order valence-corrected chi connectivity index (χ3v) is 27.0. The molecule has 0 N–H and O–H groups in total. The molecule has 9 aromatic heterocycles. The van der Waals surface area contributed by atoms with E-state index in [2.05, 4.69) is 126 Å². The smallest absolute Gasteiger partial charge is 0.114 e. The monoisotopic (exact) mass is 1270 g/mol. The highest BCUT2D eigenvalue weighted by Gasteiger charge is 2.23. The minimum atomic E-state index is 1.04. The average Bonchev–Trinajstić information content (AvgIpc) is 4.44. The Balaban J connectivity index is 0.908. The van der Waals surface area contributed by atoms with E-state index < -0.39 is 0 Å². The topological polar surface area (TPSA) is 25.8 Å². The summed E-state index contributed by atoms with van der Waals surface area (Å²) in [6.45, 7) is 13.8. The Morgan fingerprint density at radius 1 is 0.265 bits per heavy atom. The number of rotatable bonds is 36. The van der Waals surface area contributed by atoms with Gasteiger partial charge in [-0.25, -0.2) is 0 Å². The van der Waals surface area contributed by atoms with Crippen molar-refractivity contribution in [1.29, 1.82) is 0 Å². The standard InChI is InChI=1S/C72H88N2S9/c1-7-11-15-19-23-27-31-51-45-49(5)75-69(51)61-41-37-57(77-61)59-39-43-63(79-59)71-53(33-29-25-21-17-13-9-3)47-65(81-71)55-35-36-56(68-67(55)73-83-74-68)66-48-54(34-30-26-22-18-14-10-4)72(82-66)64-44-40-60(80-64)58-38-42-62(78-58)70-52(46-50(6)76-70)32-28-24-20-16-12-8-2/h35-48H,7-34H2,1-6H3. The summed E-state index contributed by atoms with van der Waals surface area (Å²) >= 11 is 17.2. The maximum atomic E-state index is 5.13. The summed E-state index contributed by atoms with van der Waals surface area (Å²) in [4.78, 5) is 22.5. The second-order valence-corrected chi connectivity index (χ2v) is 32.7. The molecular formula is C72H88N2S9. The van der Waals surface area contributed by atoms with E-state index in [-0.39, 0.29) is 0 Å². The van der Waals surface area contributed by atoms with Crippen LogP contribution in [0.1, 0.15) is 214 Å². The van der Waals surface area contributed by atoms with E-state index in [1.165, 1.54) is 279 Å². The van der Waals surface area contributed by atoms with Gasteiger partial charge in [-0.1, -0.05) is 168 Å². The first-order valence-electron chi connectivity index (χ1n) is 31.9. The molecule has 0 unspecified atom stereocenters. The molecule has 0 saturated heterocycles. The van der Waals surface area contributed by atoms with Gasteiger partial charge in [-0.05, 0) is 160 Å². The molecule has 0 spiro atoms. The number of aryl methyl sites for hydroxylation is 6. The lowest BCUT2D eigenvalue weighted by atomic mass is 10.0. The van der Waals surface area contributed by atoms with E-state index >= 15 is 0 Å². The van der Waals surface area contributed by atoms with E-state index in [1.54, 1.807) is 11.1 Å². The predicted molar refractivity (Wildman–Crippen MR) is 382 cm³/mol. The first-order valence-corrected chi connectivity index (χ1v) is 39.2. The van der Waals surface area contributed by atoms with Gasteiger partial charge < -0.3 is 0 Å². The predicted octanol–water partition coefficient (Wildman–Crippen LogP) is 27.7. The van der Waals surface area contributed by atoms with Crippen LogP contribution in [0.25, 0.3) is 90.4 Å². The first-order chi connectivity index (χ1) is 40.8. The summed E-state index contributed by atoms with van der Waals surface area (Å²) < 4.78 is 10.3. The zero-order chi connectivity index (χ0) is 57.3. The van der Waals surface area contributed by atoms with Crippen LogP contribution in [-0.2, 0) is 25.7 Å². The van der Waals surface area contributed by atoms with Gasteiger partial charge in [0, 0.05) is 89.2 Å². The lowest BCUT2D eigenvalue weighted by Gasteiger charge is -2.04. The number of nitrogens with zero attached hydrogens (tertiary/aromatic N) is 2. The highest BCUT2D eigenvalue weighted by atomic mass is 32.1. The second kappa shape index (κ2) is 32.0. The highest BCUT2D eigenvalue weighted by Crippen LogP contribution is 2.51. The molecule has 440 valence electrons. The summed E-state index contributed by atoms with van der Waals surface area (Å²) in [7, 11) is 0. The van der Waals surface area contributed by atoms with Crippen LogP contribution in [0.3, 0.4) is 0 Å². The maximum Gasteiger partial charge on any atom is 0.114 e. The van der Waals surface area contributed by atoms with Crippen LogP contribution in [0.4, 0.5) is 0 Å². The average molecular weight is 1270 g/mol. The Bertz CT molecular complexity index is 3320. The van der Waals surface area contributed by atoms with Gasteiger partial charge in [0.15, 0.2) is 0 Å². The summed E-state index contributed by atoms with van der Waals surface area (Å²) in [5, 5.41) is 0. The lowest BCUT2D eigenvalue weighted by molar-refractivity contribution is 0.608. The quantitative estimate of drug-likeness (QED) is 0.0366. The largest absolute Gasteiger partial charge is 0.172 e. The van der Waals surface area contributed by atoms with Gasteiger partial charge in [0.1, 0.15) is 11.0 Å². The molecule has 11 heteroatoms. The van der Waals surface area contributed by atoms with Gasteiger partial charge in [-0.2, -0.15) is 8.75 Å². The van der Waals surface area contributed by atoms with Crippen LogP contribution < -0.4 is 0 Å². The van der Waals surface area contributed by atoms with Crippen molar-refractivity contribution in [3.05, 3.63) is 117 Å². The Morgan fingerprint density at radius 2 is 0.530 bits per heavy atom. The summed E-state index contributed by atoms with van der Waals surface area (Å²) in [6, 6.07) is 33.9. The van der Waals surface area contributed by atoms with E-state index in [1.807, 2.05) is 90.7 Å². The van der Waals surface area contributed by atoms with Gasteiger partial charge in [-0.3, -0.25) is 0 Å². The molecule has 0 aliphatic carbocycles. The van der Waals surface area contributed by atoms with Crippen molar-refractivity contribution in [3.8, 4) is 79.4 Å². The Morgan fingerprint density at radius 3 is 0.843 bits per heavy atom. The van der Waals surface area contributed by atoms with E-state index in [0.29, 0.717) is 0 Å². The third kappa shape index (κ3) is 16.4. The number of hydrogen-bond acceptors (Lipinski definition) is 11. The second-order valence-electron chi connectivity index (χ2n) is 23.2. The van der Waals surface area contributed by atoms with Crippen molar-refractivity contribution in [2.75, 3.05) is 0 Å². The van der Waals surface area contributed by atoms with Crippen molar-refractivity contribution in [3.63, 3.8) is 0 Å². The molecule has 0 amide bonds. The van der Waals surface area contributed by atoms with Crippen LogP contribution in [0, 0.1) is 13.8 Å². The molecule has 9 heterocycles. The van der Waals surface area contributed by atoms with E-state index in [9.17, 15) is 0 Å². The molecule has 0 fully saturated rings. The van der Waals surface area contributed by atoms with E-state index in [0.717, 1.165) is 23.9 Å². The third-order valence-electron chi connectivity index (χ3n) is 16.4. The SMILES string of the molecule is CCCCCCCCc1cc(C)sc1-c1ccc(-c2ccc(-c3sc(-c4ccc(-c5cc(CCCCCCCC)c(-c6ccc(-c7ccc(-c8sc(C)cc8CCCCCCCC)s7)s6)s5)c5nsnc45)cc3CCCCCCCC)s2)s1. The fourth-order valence-electron chi connectivity index (χ4n) is 11.9. The maximum absolute atomic E-state index is 5.13. The summed E-state index contributed by atoms with van der Waals surface area (Å²) in [5.74, 6) is 0. The fraction of sp³-hybridized carbons (Fsp3) is 0.472. The molecule has 0 aliphatic heterocycles. The van der Waals surface area contributed by atoms with Crippen LogP contribution in [0.2, 0.25) is 0 Å². The number of hydrogen-bond donors (Lipinski definition) is 0. The number of aromatic nitrogens is 2. The Kier molecular flexibility index (Phi) is 24.2. The van der Waals surface area contributed by atoms with Gasteiger partial charge in [0.05, 0.1) is 11.7 Å². The zero-order valence-electron chi connectivity index (χ0n) is 50.5. The van der Waals surface area contributed by atoms with Crippen molar-refractivity contribution in [1.82, 2.24) is 8.75 Å². The van der Waals surface area contributed by atoms with Crippen molar-refractivity contribution in [2.24, 2.45) is 0 Å². The van der Waals surface area contributed by atoms with Gasteiger partial charge >= 0.3 is 0 Å². The van der Waals surface area contributed by atoms with Crippen molar-refractivity contribution >= 4 is 113 Å². The molecule has 1 aromatic carbocycles. The zero-order valence-corrected chi connectivity index (χ0v) is 57.8.